The maximum atomic E-state index is 12.6. The fourth-order valence-corrected chi connectivity index (χ4v) is 4.62. The highest BCUT2D eigenvalue weighted by Crippen LogP contribution is 2.20. The summed E-state index contributed by atoms with van der Waals surface area (Å²) in [6.45, 7) is 8.30. The molecule has 0 unspecified atom stereocenters. The molecule has 1 aliphatic heterocycles. The van der Waals surface area contributed by atoms with Gasteiger partial charge in [0, 0.05) is 26.7 Å². The van der Waals surface area contributed by atoms with Crippen LogP contribution in [0.5, 0.6) is 0 Å². The van der Waals surface area contributed by atoms with Gasteiger partial charge in [0.2, 0.25) is 0 Å². The lowest BCUT2D eigenvalue weighted by molar-refractivity contribution is 0.0734. The summed E-state index contributed by atoms with van der Waals surface area (Å²) in [6, 6.07) is 8.66. The van der Waals surface area contributed by atoms with Gasteiger partial charge in [-0.3, -0.25) is 4.79 Å². The Morgan fingerprint density at radius 2 is 2.15 bits per heavy atom. The Bertz CT molecular complexity index is 742. The molecule has 1 atom stereocenters. The van der Waals surface area contributed by atoms with E-state index in [0.717, 1.165) is 36.6 Å². The van der Waals surface area contributed by atoms with Gasteiger partial charge in [-0.15, -0.1) is 11.3 Å². The van der Waals surface area contributed by atoms with Crippen molar-refractivity contribution in [3.8, 4) is 0 Å². The van der Waals surface area contributed by atoms with E-state index in [9.17, 15) is 4.79 Å². The second kappa shape index (κ2) is 8.78. The van der Waals surface area contributed by atoms with Gasteiger partial charge in [-0.25, -0.2) is 4.98 Å². The highest BCUT2D eigenvalue weighted by Gasteiger charge is 2.24. The van der Waals surface area contributed by atoms with Crippen molar-refractivity contribution in [2.45, 2.75) is 33.1 Å². The molecule has 140 valence electrons. The van der Waals surface area contributed by atoms with Crippen LogP contribution in [0.25, 0.3) is 0 Å². The molecule has 1 aromatic heterocycles. The van der Waals surface area contributed by atoms with Gasteiger partial charge in [0.1, 0.15) is 4.88 Å². The number of aryl methyl sites for hydroxylation is 2. The number of rotatable bonds is 6. The summed E-state index contributed by atoms with van der Waals surface area (Å²) in [5.41, 5.74) is 5.42. The van der Waals surface area contributed by atoms with E-state index in [4.69, 9.17) is 0 Å². The standard InChI is InChI=1S/C21H29N3OS/c1-16-7-4-5-9-19(16)10-12-24-11-6-8-18(14-24)13-23(3)21(25)20-17(2)22-15-26-20/h4-5,7,9,15,18H,6,8,10-14H2,1-3H3/t18-/m0/s1. The van der Waals surface area contributed by atoms with Crippen LogP contribution in [0.2, 0.25) is 0 Å². The summed E-state index contributed by atoms with van der Waals surface area (Å²) in [4.78, 5) is 22.0. The second-order valence-electron chi connectivity index (χ2n) is 7.44. The number of thiazole rings is 1. The molecule has 1 saturated heterocycles. The molecule has 0 N–H and O–H groups in total. The van der Waals surface area contributed by atoms with E-state index >= 15 is 0 Å². The average Bonchev–Trinajstić information content (AvgIpc) is 3.06. The Balaban J connectivity index is 1.51. The topological polar surface area (TPSA) is 36.4 Å². The maximum absolute atomic E-state index is 12.6. The third kappa shape index (κ3) is 4.71. The van der Waals surface area contributed by atoms with E-state index < -0.39 is 0 Å². The van der Waals surface area contributed by atoms with Crippen LogP contribution in [0.3, 0.4) is 0 Å². The molecule has 1 amide bonds. The number of piperidine rings is 1. The Kier molecular flexibility index (Phi) is 6.43. The first-order valence-electron chi connectivity index (χ1n) is 9.47. The van der Waals surface area contributed by atoms with Gasteiger partial charge in [-0.05, 0) is 56.7 Å². The Labute approximate surface area is 160 Å². The Morgan fingerprint density at radius 3 is 2.88 bits per heavy atom. The quantitative estimate of drug-likeness (QED) is 0.775. The van der Waals surface area contributed by atoms with Crippen LogP contribution >= 0.6 is 11.3 Å². The van der Waals surface area contributed by atoms with Crippen LogP contribution in [0.4, 0.5) is 0 Å². The van der Waals surface area contributed by atoms with Gasteiger partial charge in [-0.2, -0.15) is 0 Å². The van der Waals surface area contributed by atoms with Gasteiger partial charge >= 0.3 is 0 Å². The minimum Gasteiger partial charge on any atom is -0.341 e. The number of nitrogens with zero attached hydrogens (tertiary/aromatic N) is 3. The zero-order chi connectivity index (χ0) is 18.5. The van der Waals surface area contributed by atoms with Crippen LogP contribution in [-0.2, 0) is 6.42 Å². The molecule has 2 aromatic rings. The van der Waals surface area contributed by atoms with Crippen molar-refractivity contribution in [1.82, 2.24) is 14.8 Å². The third-order valence-corrected chi connectivity index (χ3v) is 6.30. The van der Waals surface area contributed by atoms with Gasteiger partial charge in [0.15, 0.2) is 0 Å². The van der Waals surface area contributed by atoms with Gasteiger partial charge in [0.05, 0.1) is 11.2 Å². The molecule has 0 bridgehead atoms. The third-order valence-electron chi connectivity index (χ3n) is 5.38. The minimum absolute atomic E-state index is 0.113. The zero-order valence-electron chi connectivity index (χ0n) is 16.1. The molecule has 0 aliphatic carbocycles. The molecular weight excluding hydrogens is 342 g/mol. The fourth-order valence-electron chi connectivity index (χ4n) is 3.82. The van der Waals surface area contributed by atoms with Crippen molar-refractivity contribution in [3.63, 3.8) is 0 Å². The zero-order valence-corrected chi connectivity index (χ0v) is 16.9. The molecule has 0 radical (unpaired) electrons. The van der Waals surface area contributed by atoms with Crippen molar-refractivity contribution in [3.05, 3.63) is 51.5 Å². The molecule has 5 heteroatoms. The number of amides is 1. The number of hydrogen-bond acceptors (Lipinski definition) is 4. The second-order valence-corrected chi connectivity index (χ2v) is 8.29. The summed E-state index contributed by atoms with van der Waals surface area (Å²) in [7, 11) is 1.92. The Hall–Kier alpha value is -1.72. The molecule has 3 rings (SSSR count). The number of likely N-dealkylation sites (tertiary alicyclic amines) is 1. The predicted molar refractivity (Wildman–Crippen MR) is 108 cm³/mol. The van der Waals surface area contributed by atoms with Crippen molar-refractivity contribution < 1.29 is 4.79 Å². The SMILES string of the molecule is Cc1ccccc1CCN1CCC[C@@H](CN(C)C(=O)c2scnc2C)C1. The van der Waals surface area contributed by atoms with E-state index in [1.807, 2.05) is 18.9 Å². The Morgan fingerprint density at radius 1 is 1.35 bits per heavy atom. The van der Waals surface area contributed by atoms with E-state index in [0.29, 0.717) is 5.92 Å². The van der Waals surface area contributed by atoms with E-state index in [1.165, 1.54) is 41.9 Å². The highest BCUT2D eigenvalue weighted by molar-refractivity contribution is 7.11. The summed E-state index contributed by atoms with van der Waals surface area (Å²) in [5, 5.41) is 0. The molecule has 1 aliphatic rings. The molecule has 4 nitrogen and oxygen atoms in total. The number of hydrogen-bond donors (Lipinski definition) is 0. The smallest absolute Gasteiger partial charge is 0.265 e. The molecule has 1 aromatic carbocycles. The number of carbonyl (C=O) groups is 1. The lowest BCUT2D eigenvalue weighted by Crippen LogP contribution is -2.42. The minimum atomic E-state index is 0.113. The molecular formula is C21H29N3OS. The van der Waals surface area contributed by atoms with E-state index in [-0.39, 0.29) is 5.91 Å². The monoisotopic (exact) mass is 371 g/mol. The largest absolute Gasteiger partial charge is 0.341 e. The van der Waals surface area contributed by atoms with E-state index in [2.05, 4.69) is 41.1 Å². The van der Waals surface area contributed by atoms with E-state index in [1.54, 1.807) is 5.51 Å². The predicted octanol–water partition coefficient (Wildman–Crippen LogP) is 3.79. The first kappa shape index (κ1) is 19.1. The van der Waals surface area contributed by atoms with Crippen LogP contribution in [0.1, 0.15) is 39.3 Å². The fraction of sp³-hybridized carbons (Fsp3) is 0.524. The summed E-state index contributed by atoms with van der Waals surface area (Å²) in [6.07, 6.45) is 3.54. The van der Waals surface area contributed by atoms with Crippen molar-refractivity contribution >= 4 is 17.2 Å². The van der Waals surface area contributed by atoms with Gasteiger partial charge in [0.25, 0.3) is 5.91 Å². The number of carbonyl (C=O) groups excluding carboxylic acids is 1. The lowest BCUT2D eigenvalue weighted by Gasteiger charge is -2.34. The molecule has 26 heavy (non-hydrogen) atoms. The maximum Gasteiger partial charge on any atom is 0.265 e. The number of benzene rings is 1. The van der Waals surface area contributed by atoms with Crippen LogP contribution < -0.4 is 0 Å². The summed E-state index contributed by atoms with van der Waals surface area (Å²) >= 11 is 1.44. The van der Waals surface area contributed by atoms with Gasteiger partial charge < -0.3 is 9.80 Å². The van der Waals surface area contributed by atoms with Crippen molar-refractivity contribution in [2.75, 3.05) is 33.2 Å². The summed E-state index contributed by atoms with van der Waals surface area (Å²) < 4.78 is 0. The van der Waals surface area contributed by atoms with Crippen molar-refractivity contribution in [2.24, 2.45) is 5.92 Å². The highest BCUT2D eigenvalue weighted by atomic mass is 32.1. The first-order valence-corrected chi connectivity index (χ1v) is 10.3. The molecule has 0 spiro atoms. The molecule has 1 fully saturated rings. The van der Waals surface area contributed by atoms with Crippen molar-refractivity contribution in [1.29, 1.82) is 0 Å². The molecule has 2 heterocycles. The van der Waals surface area contributed by atoms with Crippen LogP contribution in [-0.4, -0.2) is 53.9 Å². The van der Waals surface area contributed by atoms with Gasteiger partial charge in [-0.1, -0.05) is 24.3 Å². The summed E-state index contributed by atoms with van der Waals surface area (Å²) in [5.74, 6) is 0.671. The normalized spacial score (nSPS) is 18.0. The lowest BCUT2D eigenvalue weighted by atomic mass is 9.96. The average molecular weight is 372 g/mol. The first-order chi connectivity index (χ1) is 12.5. The van der Waals surface area contributed by atoms with Crippen LogP contribution in [0, 0.1) is 19.8 Å². The number of aromatic nitrogens is 1. The molecule has 0 saturated carbocycles. The van der Waals surface area contributed by atoms with Crippen LogP contribution in [0.15, 0.2) is 29.8 Å².